The summed E-state index contributed by atoms with van der Waals surface area (Å²) in [5.41, 5.74) is -0.274. The highest BCUT2D eigenvalue weighted by atomic mass is 16.6. The zero-order chi connectivity index (χ0) is 19.4. The number of nitrogens with zero attached hydrogens (tertiary/aromatic N) is 5. The highest BCUT2D eigenvalue weighted by Crippen LogP contribution is 2.33. The molecule has 0 bridgehead atoms. The van der Waals surface area contributed by atoms with Gasteiger partial charge in [-0.2, -0.15) is 0 Å². The molecule has 0 aliphatic carbocycles. The summed E-state index contributed by atoms with van der Waals surface area (Å²) in [6, 6.07) is 0. The van der Waals surface area contributed by atoms with Gasteiger partial charge in [0, 0.05) is 71.0 Å². The number of rotatable bonds is 7. The van der Waals surface area contributed by atoms with Crippen LogP contribution in [0.25, 0.3) is 0 Å². The summed E-state index contributed by atoms with van der Waals surface area (Å²) in [5.74, 6) is 1.00. The molecule has 0 aromatic carbocycles. The SMILES string of the molecule is CCN1CCN(CCCN2CC3(CCN(Cc4ncc[nH]4)CC3)OC2=O)CC1. The van der Waals surface area contributed by atoms with Gasteiger partial charge >= 0.3 is 6.09 Å². The van der Waals surface area contributed by atoms with Crippen molar-refractivity contribution in [3.8, 4) is 0 Å². The van der Waals surface area contributed by atoms with Gasteiger partial charge in [-0.05, 0) is 19.5 Å². The Kier molecular flexibility index (Phi) is 6.18. The van der Waals surface area contributed by atoms with Crippen LogP contribution in [0.2, 0.25) is 0 Å². The Morgan fingerprint density at radius 2 is 1.82 bits per heavy atom. The molecule has 1 spiro atoms. The zero-order valence-electron chi connectivity index (χ0n) is 17.1. The van der Waals surface area contributed by atoms with E-state index in [-0.39, 0.29) is 11.7 Å². The Bertz CT molecular complexity index is 621. The van der Waals surface area contributed by atoms with E-state index in [1.165, 1.54) is 13.1 Å². The number of hydrogen-bond donors (Lipinski definition) is 1. The van der Waals surface area contributed by atoms with Gasteiger partial charge in [-0.3, -0.25) is 4.90 Å². The molecule has 3 fully saturated rings. The maximum absolute atomic E-state index is 12.4. The molecule has 8 heteroatoms. The average molecular weight is 391 g/mol. The summed E-state index contributed by atoms with van der Waals surface area (Å²) in [6.07, 6.45) is 6.39. The number of piperidine rings is 1. The third-order valence-electron chi connectivity index (χ3n) is 6.55. The summed E-state index contributed by atoms with van der Waals surface area (Å²) in [5, 5.41) is 0. The molecule has 156 valence electrons. The van der Waals surface area contributed by atoms with Crippen LogP contribution in [-0.4, -0.2) is 107 Å². The molecule has 28 heavy (non-hydrogen) atoms. The van der Waals surface area contributed by atoms with E-state index in [9.17, 15) is 4.79 Å². The molecule has 3 saturated heterocycles. The number of carbonyl (C=O) groups excluding carboxylic acids is 1. The maximum atomic E-state index is 12.4. The molecule has 3 aliphatic rings. The molecular formula is C20H34N6O2. The van der Waals surface area contributed by atoms with Crippen molar-refractivity contribution in [1.82, 2.24) is 29.6 Å². The Morgan fingerprint density at radius 3 is 2.50 bits per heavy atom. The fourth-order valence-corrected chi connectivity index (χ4v) is 4.65. The molecule has 0 radical (unpaired) electrons. The second kappa shape index (κ2) is 8.80. The van der Waals surface area contributed by atoms with Gasteiger partial charge in [0.1, 0.15) is 11.4 Å². The second-order valence-corrected chi connectivity index (χ2v) is 8.41. The molecule has 0 saturated carbocycles. The average Bonchev–Trinajstić information content (AvgIpc) is 3.33. The Labute approximate surface area is 167 Å². The lowest BCUT2D eigenvalue weighted by Gasteiger charge is -2.37. The van der Waals surface area contributed by atoms with Crippen molar-refractivity contribution in [3.05, 3.63) is 18.2 Å². The Balaban J connectivity index is 1.18. The number of carbonyl (C=O) groups is 1. The normalized spacial score (nSPS) is 24.2. The van der Waals surface area contributed by atoms with Crippen molar-refractivity contribution in [1.29, 1.82) is 0 Å². The van der Waals surface area contributed by atoms with Crippen molar-refractivity contribution >= 4 is 6.09 Å². The van der Waals surface area contributed by atoms with E-state index >= 15 is 0 Å². The first kappa shape index (κ1) is 19.7. The molecule has 1 aromatic rings. The van der Waals surface area contributed by atoms with Crippen LogP contribution in [0.5, 0.6) is 0 Å². The number of piperazine rings is 1. The minimum absolute atomic E-state index is 0.115. The number of amides is 1. The third-order valence-corrected chi connectivity index (χ3v) is 6.55. The van der Waals surface area contributed by atoms with Gasteiger partial charge in [0.2, 0.25) is 0 Å². The lowest BCUT2D eigenvalue weighted by atomic mass is 9.91. The summed E-state index contributed by atoms with van der Waals surface area (Å²) in [7, 11) is 0. The first-order chi connectivity index (χ1) is 13.7. The van der Waals surface area contributed by atoms with Gasteiger partial charge in [-0.1, -0.05) is 6.92 Å². The molecule has 0 unspecified atom stereocenters. The van der Waals surface area contributed by atoms with Gasteiger partial charge in [0.15, 0.2) is 0 Å². The van der Waals surface area contributed by atoms with E-state index in [0.29, 0.717) is 0 Å². The first-order valence-electron chi connectivity index (χ1n) is 10.8. The minimum atomic E-state index is -0.274. The number of H-pyrrole nitrogens is 1. The molecule has 8 nitrogen and oxygen atoms in total. The van der Waals surface area contributed by atoms with Crippen LogP contribution in [0.15, 0.2) is 12.4 Å². The number of aromatic nitrogens is 2. The van der Waals surface area contributed by atoms with Crippen LogP contribution in [0, 0.1) is 0 Å². The van der Waals surface area contributed by atoms with E-state index < -0.39 is 0 Å². The van der Waals surface area contributed by atoms with Crippen LogP contribution in [0.1, 0.15) is 32.0 Å². The van der Waals surface area contributed by atoms with Crippen LogP contribution < -0.4 is 0 Å². The fourth-order valence-electron chi connectivity index (χ4n) is 4.65. The van der Waals surface area contributed by atoms with Gasteiger partial charge in [-0.15, -0.1) is 0 Å². The number of nitrogens with one attached hydrogen (secondary N) is 1. The third kappa shape index (κ3) is 4.67. The van der Waals surface area contributed by atoms with Gasteiger partial charge in [-0.25, -0.2) is 9.78 Å². The molecule has 1 N–H and O–H groups in total. The lowest BCUT2D eigenvalue weighted by molar-refractivity contribution is -0.00175. The smallest absolute Gasteiger partial charge is 0.410 e. The number of likely N-dealkylation sites (tertiary alicyclic amines) is 1. The quantitative estimate of drug-likeness (QED) is 0.755. The lowest BCUT2D eigenvalue weighted by Crippen LogP contribution is -2.47. The molecule has 1 aromatic heterocycles. The highest BCUT2D eigenvalue weighted by Gasteiger charge is 2.46. The van der Waals surface area contributed by atoms with Crippen LogP contribution in [-0.2, 0) is 11.3 Å². The molecule has 4 heterocycles. The number of ether oxygens (including phenoxy) is 1. The molecule has 4 rings (SSSR count). The topological polar surface area (TPSA) is 67.9 Å². The fraction of sp³-hybridized carbons (Fsp3) is 0.800. The van der Waals surface area contributed by atoms with Gasteiger partial charge in [0.25, 0.3) is 0 Å². The van der Waals surface area contributed by atoms with Crippen LogP contribution in [0.4, 0.5) is 4.79 Å². The van der Waals surface area contributed by atoms with E-state index in [1.807, 2.05) is 11.1 Å². The summed E-state index contributed by atoms with van der Waals surface area (Å²) >= 11 is 0. The first-order valence-corrected chi connectivity index (χ1v) is 10.8. The minimum Gasteiger partial charge on any atom is -0.441 e. The summed E-state index contributed by atoms with van der Waals surface area (Å²) in [6.45, 7) is 13.4. The molecule has 3 aliphatic heterocycles. The van der Waals surface area contributed by atoms with Crippen molar-refractivity contribution in [3.63, 3.8) is 0 Å². The zero-order valence-corrected chi connectivity index (χ0v) is 17.1. The van der Waals surface area contributed by atoms with Crippen molar-refractivity contribution in [2.24, 2.45) is 0 Å². The predicted octanol–water partition coefficient (Wildman–Crippen LogP) is 1.22. The summed E-state index contributed by atoms with van der Waals surface area (Å²) < 4.78 is 5.87. The standard InChI is InChI=1S/C20H34N6O2/c1-2-23-12-14-24(15-13-23)8-3-9-26-17-20(28-19(26)27)4-10-25(11-5-20)16-18-21-6-7-22-18/h6-7H,2-5,8-17H2,1H3,(H,21,22). The second-order valence-electron chi connectivity index (χ2n) is 8.41. The van der Waals surface area contributed by atoms with E-state index in [4.69, 9.17) is 4.74 Å². The van der Waals surface area contributed by atoms with E-state index in [1.54, 1.807) is 6.20 Å². The largest absolute Gasteiger partial charge is 0.441 e. The van der Waals surface area contributed by atoms with E-state index in [0.717, 1.165) is 84.0 Å². The van der Waals surface area contributed by atoms with Crippen molar-refractivity contribution < 1.29 is 9.53 Å². The summed E-state index contributed by atoms with van der Waals surface area (Å²) in [4.78, 5) is 29.2. The highest BCUT2D eigenvalue weighted by molar-refractivity contribution is 5.70. The Hall–Kier alpha value is -1.64. The monoisotopic (exact) mass is 390 g/mol. The number of imidazole rings is 1. The van der Waals surface area contributed by atoms with E-state index in [2.05, 4.69) is 31.6 Å². The van der Waals surface area contributed by atoms with Crippen molar-refractivity contribution in [2.75, 3.05) is 65.4 Å². The Morgan fingerprint density at radius 1 is 1.07 bits per heavy atom. The maximum Gasteiger partial charge on any atom is 0.410 e. The number of aromatic amines is 1. The van der Waals surface area contributed by atoms with Crippen LogP contribution in [0.3, 0.4) is 0 Å². The van der Waals surface area contributed by atoms with Gasteiger partial charge < -0.3 is 24.4 Å². The van der Waals surface area contributed by atoms with Crippen molar-refractivity contribution in [2.45, 2.75) is 38.3 Å². The van der Waals surface area contributed by atoms with Crippen LogP contribution >= 0.6 is 0 Å². The number of likely N-dealkylation sites (N-methyl/N-ethyl adjacent to an activating group) is 1. The molecule has 0 atom stereocenters. The molecular weight excluding hydrogens is 356 g/mol. The number of hydrogen-bond acceptors (Lipinski definition) is 6. The van der Waals surface area contributed by atoms with Gasteiger partial charge in [0.05, 0.1) is 13.1 Å². The molecule has 1 amide bonds. The predicted molar refractivity (Wildman–Crippen MR) is 107 cm³/mol.